The van der Waals surface area contributed by atoms with Gasteiger partial charge in [0.25, 0.3) is 0 Å². The lowest BCUT2D eigenvalue weighted by molar-refractivity contribution is -0.149. The molecule has 0 unspecified atom stereocenters. The van der Waals surface area contributed by atoms with Crippen LogP contribution in [-0.4, -0.2) is 42.8 Å². The van der Waals surface area contributed by atoms with Gasteiger partial charge in [-0.3, -0.25) is 9.69 Å². The Hall–Kier alpha value is -1.43. The van der Waals surface area contributed by atoms with Crippen LogP contribution in [0.5, 0.6) is 0 Å². The minimum absolute atomic E-state index is 0.478. The van der Waals surface area contributed by atoms with Gasteiger partial charge < -0.3 is 9.67 Å². The summed E-state index contributed by atoms with van der Waals surface area (Å²) >= 11 is 0. The van der Waals surface area contributed by atoms with Crippen molar-refractivity contribution in [2.45, 2.75) is 32.9 Å². The number of likely N-dealkylation sites (N-methyl/N-ethyl adjacent to an activating group) is 1. The van der Waals surface area contributed by atoms with Crippen molar-refractivity contribution in [3.8, 4) is 0 Å². The smallest absolute Gasteiger partial charge is 0.323 e. The summed E-state index contributed by atoms with van der Waals surface area (Å²) in [6, 6.07) is 0. The van der Waals surface area contributed by atoms with E-state index in [0.29, 0.717) is 13.1 Å². The molecule has 0 aliphatic carbocycles. The molecule has 1 rings (SSSR count). The number of hydrogen-bond acceptors (Lipinski definition) is 4. The second-order valence-electron chi connectivity index (χ2n) is 4.24. The summed E-state index contributed by atoms with van der Waals surface area (Å²) in [6.07, 6.45) is 1.61. The van der Waals surface area contributed by atoms with E-state index < -0.39 is 11.5 Å². The summed E-state index contributed by atoms with van der Waals surface area (Å²) < 4.78 is 1.79. The molecular weight excluding hydrogens is 208 g/mol. The Labute approximate surface area is 94.9 Å². The van der Waals surface area contributed by atoms with Gasteiger partial charge >= 0.3 is 5.97 Å². The molecule has 0 fully saturated rings. The van der Waals surface area contributed by atoms with Crippen LogP contribution in [0.25, 0.3) is 0 Å². The second kappa shape index (κ2) is 4.61. The van der Waals surface area contributed by atoms with Gasteiger partial charge in [-0.15, -0.1) is 10.2 Å². The van der Waals surface area contributed by atoms with Crippen LogP contribution < -0.4 is 0 Å². The van der Waals surface area contributed by atoms with E-state index in [0.717, 1.165) is 5.82 Å². The van der Waals surface area contributed by atoms with Gasteiger partial charge in [-0.2, -0.15) is 0 Å². The average Bonchev–Trinajstić information content (AvgIpc) is 2.60. The topological polar surface area (TPSA) is 71.2 Å². The number of nitrogens with zero attached hydrogens (tertiary/aromatic N) is 4. The van der Waals surface area contributed by atoms with Crippen LogP contribution in [-0.2, 0) is 18.4 Å². The largest absolute Gasteiger partial charge is 0.480 e. The summed E-state index contributed by atoms with van der Waals surface area (Å²) in [6.45, 7) is 6.43. The fourth-order valence-electron chi connectivity index (χ4n) is 1.46. The van der Waals surface area contributed by atoms with E-state index in [1.165, 1.54) is 0 Å². The highest BCUT2D eigenvalue weighted by atomic mass is 16.4. The standard InChI is InChI=1S/C10H18N4O2/c1-5-14(10(2,3)9(15)16)6-8-12-11-7-13(8)4/h7H,5-6H2,1-4H3,(H,15,16). The predicted molar refractivity (Wildman–Crippen MR) is 58.8 cm³/mol. The zero-order chi connectivity index (χ0) is 12.3. The lowest BCUT2D eigenvalue weighted by atomic mass is 10.0. The number of carboxylic acid groups (broad SMARTS) is 1. The van der Waals surface area contributed by atoms with Crippen molar-refractivity contribution in [3.63, 3.8) is 0 Å². The Bertz CT molecular complexity index is 373. The third kappa shape index (κ3) is 2.38. The maximum Gasteiger partial charge on any atom is 0.323 e. The lowest BCUT2D eigenvalue weighted by Crippen LogP contribution is -2.49. The molecule has 0 saturated heterocycles. The van der Waals surface area contributed by atoms with Crippen LogP contribution >= 0.6 is 0 Å². The zero-order valence-corrected chi connectivity index (χ0v) is 10.1. The summed E-state index contributed by atoms with van der Waals surface area (Å²) in [4.78, 5) is 13.0. The third-order valence-electron chi connectivity index (χ3n) is 2.83. The molecule has 0 amide bonds. The molecule has 1 aromatic rings. The van der Waals surface area contributed by atoms with Crippen LogP contribution in [0.3, 0.4) is 0 Å². The number of aromatic nitrogens is 3. The van der Waals surface area contributed by atoms with E-state index >= 15 is 0 Å². The molecule has 0 atom stereocenters. The van der Waals surface area contributed by atoms with E-state index in [1.54, 1.807) is 24.7 Å². The molecule has 6 heteroatoms. The third-order valence-corrected chi connectivity index (χ3v) is 2.83. The molecule has 0 aliphatic heterocycles. The van der Waals surface area contributed by atoms with Gasteiger partial charge in [-0.1, -0.05) is 6.92 Å². The number of rotatable bonds is 5. The number of carbonyl (C=O) groups is 1. The number of aliphatic carboxylic acids is 1. The molecule has 0 bridgehead atoms. The monoisotopic (exact) mass is 226 g/mol. The Morgan fingerprint density at radius 1 is 1.62 bits per heavy atom. The molecule has 0 aliphatic rings. The van der Waals surface area contributed by atoms with Crippen molar-refractivity contribution in [2.24, 2.45) is 7.05 Å². The highest BCUT2D eigenvalue weighted by Gasteiger charge is 2.34. The Morgan fingerprint density at radius 3 is 2.62 bits per heavy atom. The predicted octanol–water partition coefficient (Wildman–Crippen LogP) is 0.500. The van der Waals surface area contributed by atoms with Crippen LogP contribution in [0.2, 0.25) is 0 Å². The van der Waals surface area contributed by atoms with Gasteiger partial charge in [-0.25, -0.2) is 0 Å². The summed E-state index contributed by atoms with van der Waals surface area (Å²) in [5.74, 6) is -0.0762. The van der Waals surface area contributed by atoms with Gasteiger partial charge in [0, 0.05) is 7.05 Å². The normalized spacial score (nSPS) is 12.1. The van der Waals surface area contributed by atoms with Gasteiger partial charge in [0.15, 0.2) is 0 Å². The first-order chi connectivity index (χ1) is 7.39. The van der Waals surface area contributed by atoms with Crippen LogP contribution in [0.15, 0.2) is 6.33 Å². The summed E-state index contributed by atoms with van der Waals surface area (Å²) in [7, 11) is 1.84. The van der Waals surface area contributed by atoms with Crippen molar-refractivity contribution in [1.82, 2.24) is 19.7 Å². The molecule has 1 aromatic heterocycles. The van der Waals surface area contributed by atoms with Crippen LogP contribution in [0.1, 0.15) is 26.6 Å². The molecule has 16 heavy (non-hydrogen) atoms. The van der Waals surface area contributed by atoms with Crippen molar-refractivity contribution >= 4 is 5.97 Å². The van der Waals surface area contributed by atoms with Crippen molar-refractivity contribution in [1.29, 1.82) is 0 Å². The summed E-state index contributed by atoms with van der Waals surface area (Å²) in [5, 5.41) is 16.9. The highest BCUT2D eigenvalue weighted by molar-refractivity contribution is 5.77. The average molecular weight is 226 g/mol. The Morgan fingerprint density at radius 2 is 2.25 bits per heavy atom. The van der Waals surface area contributed by atoms with E-state index in [9.17, 15) is 4.79 Å². The molecule has 0 saturated carbocycles. The molecule has 0 spiro atoms. The first kappa shape index (κ1) is 12.6. The van der Waals surface area contributed by atoms with E-state index in [-0.39, 0.29) is 0 Å². The quantitative estimate of drug-likeness (QED) is 0.791. The second-order valence-corrected chi connectivity index (χ2v) is 4.24. The number of carboxylic acids is 1. The maximum atomic E-state index is 11.2. The van der Waals surface area contributed by atoms with Gasteiger partial charge in [0.05, 0.1) is 6.54 Å². The van der Waals surface area contributed by atoms with Gasteiger partial charge in [0.1, 0.15) is 17.7 Å². The first-order valence-electron chi connectivity index (χ1n) is 5.21. The Balaban J connectivity index is 2.85. The molecule has 6 nitrogen and oxygen atoms in total. The SMILES string of the molecule is CCN(Cc1nncn1C)C(C)(C)C(=O)O. The minimum Gasteiger partial charge on any atom is -0.480 e. The molecule has 90 valence electrons. The number of aryl methyl sites for hydroxylation is 1. The summed E-state index contributed by atoms with van der Waals surface area (Å²) in [5.41, 5.74) is -0.902. The van der Waals surface area contributed by atoms with Gasteiger partial charge in [-0.05, 0) is 20.4 Å². The molecule has 0 aromatic carbocycles. The minimum atomic E-state index is -0.902. The van der Waals surface area contributed by atoms with Crippen molar-refractivity contribution in [3.05, 3.63) is 12.2 Å². The number of hydrogen-bond donors (Lipinski definition) is 1. The lowest BCUT2D eigenvalue weighted by Gasteiger charge is -2.33. The van der Waals surface area contributed by atoms with Crippen LogP contribution in [0, 0.1) is 0 Å². The molecular formula is C10H18N4O2. The Kier molecular flexibility index (Phi) is 3.64. The molecule has 1 heterocycles. The highest BCUT2D eigenvalue weighted by Crippen LogP contribution is 2.16. The van der Waals surface area contributed by atoms with E-state index in [4.69, 9.17) is 5.11 Å². The van der Waals surface area contributed by atoms with E-state index in [1.807, 2.05) is 18.9 Å². The fourth-order valence-corrected chi connectivity index (χ4v) is 1.46. The van der Waals surface area contributed by atoms with Crippen molar-refractivity contribution < 1.29 is 9.90 Å². The maximum absolute atomic E-state index is 11.2. The first-order valence-corrected chi connectivity index (χ1v) is 5.21. The molecule has 0 radical (unpaired) electrons. The fraction of sp³-hybridized carbons (Fsp3) is 0.700. The van der Waals surface area contributed by atoms with E-state index in [2.05, 4.69) is 10.2 Å². The van der Waals surface area contributed by atoms with Crippen LogP contribution in [0.4, 0.5) is 0 Å². The van der Waals surface area contributed by atoms with Crippen molar-refractivity contribution in [2.75, 3.05) is 6.54 Å². The zero-order valence-electron chi connectivity index (χ0n) is 10.1. The molecule has 1 N–H and O–H groups in total. The van der Waals surface area contributed by atoms with Gasteiger partial charge in [0.2, 0.25) is 0 Å².